The highest BCUT2D eigenvalue weighted by Crippen LogP contribution is 2.16. The Morgan fingerprint density at radius 3 is 2.44 bits per heavy atom. The summed E-state index contributed by atoms with van der Waals surface area (Å²) in [6, 6.07) is 3.90. The first kappa shape index (κ1) is 12.0. The zero-order valence-corrected chi connectivity index (χ0v) is 9.06. The number of ether oxygens (including phenoxy) is 1. The fourth-order valence-corrected chi connectivity index (χ4v) is 1.16. The number of hydrogen-bond acceptors (Lipinski definition) is 4. The molecule has 0 aliphatic rings. The molecule has 0 saturated carbocycles. The van der Waals surface area contributed by atoms with Crippen molar-refractivity contribution in [3.8, 4) is 0 Å². The van der Waals surface area contributed by atoms with Gasteiger partial charge in [0, 0.05) is 5.69 Å². The second-order valence-corrected chi connectivity index (χ2v) is 3.56. The van der Waals surface area contributed by atoms with Crippen molar-refractivity contribution in [2.75, 3.05) is 5.73 Å². The zero-order valence-electron chi connectivity index (χ0n) is 9.06. The van der Waals surface area contributed by atoms with E-state index >= 15 is 0 Å². The Bertz CT molecular complexity index is 426. The molecule has 5 heteroatoms. The molecule has 3 N–H and O–H groups in total. The van der Waals surface area contributed by atoms with Crippen LogP contribution in [0.1, 0.15) is 34.6 Å². The van der Waals surface area contributed by atoms with E-state index in [1.54, 1.807) is 13.8 Å². The number of rotatable bonds is 3. The third kappa shape index (κ3) is 2.73. The summed E-state index contributed by atoms with van der Waals surface area (Å²) in [5.41, 5.74) is 5.89. The molecule has 1 aromatic rings. The number of carboxylic acid groups (broad SMARTS) is 1. The maximum Gasteiger partial charge on any atom is 0.340 e. The van der Waals surface area contributed by atoms with Gasteiger partial charge in [-0.25, -0.2) is 9.59 Å². The van der Waals surface area contributed by atoms with Crippen LogP contribution in [-0.4, -0.2) is 23.1 Å². The van der Waals surface area contributed by atoms with Gasteiger partial charge < -0.3 is 15.6 Å². The molecule has 0 aromatic heterocycles. The minimum atomic E-state index is -1.09. The van der Waals surface area contributed by atoms with Crippen LogP contribution in [0.5, 0.6) is 0 Å². The molecule has 0 heterocycles. The molecule has 0 fully saturated rings. The lowest BCUT2D eigenvalue weighted by molar-refractivity contribution is 0.0378. The van der Waals surface area contributed by atoms with E-state index in [0.717, 1.165) is 0 Å². The molecule has 0 aliphatic heterocycles. The molecule has 1 aromatic carbocycles. The van der Waals surface area contributed by atoms with Crippen LogP contribution in [-0.2, 0) is 4.74 Å². The van der Waals surface area contributed by atoms with Gasteiger partial charge in [-0.1, -0.05) is 0 Å². The number of benzene rings is 1. The monoisotopic (exact) mass is 223 g/mol. The van der Waals surface area contributed by atoms with E-state index in [0.29, 0.717) is 0 Å². The van der Waals surface area contributed by atoms with Crippen LogP contribution >= 0.6 is 0 Å². The van der Waals surface area contributed by atoms with Crippen LogP contribution < -0.4 is 5.73 Å². The van der Waals surface area contributed by atoms with Crippen LogP contribution in [0.15, 0.2) is 18.2 Å². The molecule has 0 saturated heterocycles. The molecule has 0 atom stereocenters. The van der Waals surface area contributed by atoms with Gasteiger partial charge in [-0.2, -0.15) is 0 Å². The van der Waals surface area contributed by atoms with Crippen molar-refractivity contribution in [1.82, 2.24) is 0 Å². The van der Waals surface area contributed by atoms with Crippen LogP contribution in [0, 0.1) is 0 Å². The van der Waals surface area contributed by atoms with Gasteiger partial charge >= 0.3 is 11.9 Å². The minimum Gasteiger partial charge on any atom is -0.478 e. The molecule has 16 heavy (non-hydrogen) atoms. The predicted octanol–water partition coefficient (Wildman–Crippen LogP) is 1.53. The summed E-state index contributed by atoms with van der Waals surface area (Å²) >= 11 is 0. The maximum absolute atomic E-state index is 11.5. The number of hydrogen-bond donors (Lipinski definition) is 2. The Kier molecular flexibility index (Phi) is 3.50. The molecular formula is C11H13NO4. The second kappa shape index (κ2) is 4.65. The first-order valence-electron chi connectivity index (χ1n) is 4.75. The Morgan fingerprint density at radius 1 is 1.38 bits per heavy atom. The molecule has 0 unspecified atom stereocenters. The lowest BCUT2D eigenvalue weighted by atomic mass is 10.1. The van der Waals surface area contributed by atoms with Crippen molar-refractivity contribution < 1.29 is 19.4 Å². The maximum atomic E-state index is 11.5. The average Bonchev–Trinajstić information content (AvgIpc) is 2.15. The van der Waals surface area contributed by atoms with Crippen molar-refractivity contribution in [2.24, 2.45) is 0 Å². The van der Waals surface area contributed by atoms with Gasteiger partial charge in [0.05, 0.1) is 17.2 Å². The van der Waals surface area contributed by atoms with E-state index in [1.807, 2.05) is 0 Å². The van der Waals surface area contributed by atoms with Gasteiger partial charge in [0.15, 0.2) is 0 Å². The van der Waals surface area contributed by atoms with E-state index in [2.05, 4.69) is 0 Å². The van der Waals surface area contributed by atoms with Crippen molar-refractivity contribution >= 4 is 17.6 Å². The van der Waals surface area contributed by atoms with E-state index < -0.39 is 11.9 Å². The Balaban J connectivity index is 2.99. The lowest BCUT2D eigenvalue weighted by Gasteiger charge is -2.09. The molecule has 0 radical (unpaired) electrons. The van der Waals surface area contributed by atoms with Gasteiger partial charge in [0.1, 0.15) is 0 Å². The molecular weight excluding hydrogens is 210 g/mol. The van der Waals surface area contributed by atoms with Gasteiger partial charge in [0.2, 0.25) is 0 Å². The Labute approximate surface area is 92.8 Å². The molecule has 0 aliphatic carbocycles. The fraction of sp³-hybridized carbons (Fsp3) is 0.273. The van der Waals surface area contributed by atoms with Gasteiger partial charge in [0.25, 0.3) is 0 Å². The molecule has 0 spiro atoms. The Hall–Kier alpha value is -2.04. The van der Waals surface area contributed by atoms with E-state index in [4.69, 9.17) is 15.6 Å². The normalized spacial score (nSPS) is 10.2. The number of carbonyl (C=O) groups is 2. The van der Waals surface area contributed by atoms with Gasteiger partial charge in [-0.05, 0) is 32.0 Å². The first-order chi connectivity index (χ1) is 7.41. The summed E-state index contributed by atoms with van der Waals surface area (Å²) < 4.78 is 4.95. The van der Waals surface area contributed by atoms with Gasteiger partial charge in [-0.15, -0.1) is 0 Å². The van der Waals surface area contributed by atoms with Crippen LogP contribution in [0.3, 0.4) is 0 Å². The molecule has 0 amide bonds. The minimum absolute atomic E-state index is 0.0404. The smallest absolute Gasteiger partial charge is 0.340 e. The summed E-state index contributed by atoms with van der Waals surface area (Å²) in [4.78, 5) is 22.1. The van der Waals surface area contributed by atoms with E-state index in [9.17, 15) is 9.59 Å². The van der Waals surface area contributed by atoms with Crippen LogP contribution in [0.25, 0.3) is 0 Å². The summed E-state index contributed by atoms with van der Waals surface area (Å²) in [5, 5.41) is 8.71. The van der Waals surface area contributed by atoms with Crippen molar-refractivity contribution in [1.29, 1.82) is 0 Å². The third-order valence-corrected chi connectivity index (χ3v) is 1.86. The number of nitrogen functional groups attached to an aromatic ring is 1. The number of anilines is 1. The highest BCUT2D eigenvalue weighted by atomic mass is 16.5. The number of nitrogens with two attached hydrogens (primary N) is 1. The summed E-state index contributed by atoms with van der Waals surface area (Å²) in [7, 11) is 0. The van der Waals surface area contributed by atoms with Crippen molar-refractivity contribution in [3.63, 3.8) is 0 Å². The summed E-state index contributed by atoms with van der Waals surface area (Å²) in [6.07, 6.45) is -0.244. The molecule has 0 bridgehead atoms. The standard InChI is InChI=1S/C11H13NO4/c1-6(2)16-11(15)8-4-3-7(10(13)14)5-9(8)12/h3-6H,12H2,1-2H3,(H,13,14). The SMILES string of the molecule is CC(C)OC(=O)c1ccc(C(=O)O)cc1N. The number of carbonyl (C=O) groups excluding carboxylic acids is 1. The number of aromatic carboxylic acids is 1. The average molecular weight is 223 g/mol. The quantitative estimate of drug-likeness (QED) is 0.599. The van der Waals surface area contributed by atoms with Gasteiger partial charge in [-0.3, -0.25) is 0 Å². The second-order valence-electron chi connectivity index (χ2n) is 3.56. The first-order valence-corrected chi connectivity index (χ1v) is 4.75. The highest BCUT2D eigenvalue weighted by Gasteiger charge is 2.14. The van der Waals surface area contributed by atoms with Crippen LogP contribution in [0.2, 0.25) is 0 Å². The number of esters is 1. The molecule has 86 valence electrons. The zero-order chi connectivity index (χ0) is 12.3. The lowest BCUT2D eigenvalue weighted by Crippen LogP contribution is -2.14. The number of carboxylic acids is 1. The summed E-state index contributed by atoms with van der Waals surface area (Å²) in [6.45, 7) is 3.44. The summed E-state index contributed by atoms with van der Waals surface area (Å²) in [5.74, 6) is -1.64. The molecule has 5 nitrogen and oxygen atoms in total. The highest BCUT2D eigenvalue weighted by molar-refractivity contribution is 5.98. The topological polar surface area (TPSA) is 89.6 Å². The van der Waals surface area contributed by atoms with E-state index in [1.165, 1.54) is 18.2 Å². The van der Waals surface area contributed by atoms with Crippen molar-refractivity contribution in [2.45, 2.75) is 20.0 Å². The van der Waals surface area contributed by atoms with E-state index in [-0.39, 0.29) is 22.9 Å². The third-order valence-electron chi connectivity index (χ3n) is 1.86. The van der Waals surface area contributed by atoms with Crippen LogP contribution in [0.4, 0.5) is 5.69 Å². The predicted molar refractivity (Wildman–Crippen MR) is 58.4 cm³/mol. The molecule has 1 rings (SSSR count). The fourth-order valence-electron chi connectivity index (χ4n) is 1.16. The van der Waals surface area contributed by atoms with Crippen molar-refractivity contribution in [3.05, 3.63) is 29.3 Å². The Morgan fingerprint density at radius 2 is 2.00 bits per heavy atom. The largest absolute Gasteiger partial charge is 0.478 e.